The molecule has 0 saturated heterocycles. The van der Waals surface area contributed by atoms with E-state index >= 15 is 0 Å². The Morgan fingerprint density at radius 2 is 1.56 bits per heavy atom. The summed E-state index contributed by atoms with van der Waals surface area (Å²) in [5, 5.41) is 0. The van der Waals surface area contributed by atoms with E-state index in [4.69, 9.17) is 0 Å². The molecule has 0 aliphatic heterocycles. The van der Waals surface area contributed by atoms with Crippen LogP contribution in [0.3, 0.4) is 0 Å². The van der Waals surface area contributed by atoms with Gasteiger partial charge in [-0.1, -0.05) is 30.3 Å². The van der Waals surface area contributed by atoms with Crippen LogP contribution in [0, 0.1) is 0 Å². The number of hydrogen-bond donors (Lipinski definition) is 0. The zero-order chi connectivity index (χ0) is 11.6. The Hall–Kier alpha value is -1.82. The molecule has 0 bridgehead atoms. The number of nitrogens with zero attached hydrogens (tertiary/aromatic N) is 2. The van der Waals surface area contributed by atoms with Crippen LogP contribution >= 0.6 is 0 Å². The van der Waals surface area contributed by atoms with Crippen LogP contribution in [0.5, 0.6) is 0 Å². The van der Waals surface area contributed by atoms with Crippen molar-refractivity contribution in [1.82, 2.24) is 9.97 Å². The molecule has 1 heterocycles. The van der Waals surface area contributed by atoms with Gasteiger partial charge in [-0.2, -0.15) is 8.42 Å². The lowest BCUT2D eigenvalue weighted by Gasteiger charge is -1.99. The normalized spacial score (nSPS) is 11.3. The molecule has 1 aromatic heterocycles. The molecule has 0 aliphatic carbocycles. The van der Waals surface area contributed by atoms with E-state index in [1.165, 1.54) is 0 Å². The van der Waals surface area contributed by atoms with Crippen LogP contribution in [0.1, 0.15) is 0 Å². The van der Waals surface area contributed by atoms with Crippen molar-refractivity contribution in [2.24, 2.45) is 0 Å². The van der Waals surface area contributed by atoms with Gasteiger partial charge in [0.2, 0.25) is 0 Å². The molecule has 0 unspecified atom stereocenters. The Morgan fingerprint density at radius 1 is 1.00 bits per heavy atom. The van der Waals surface area contributed by atoms with Gasteiger partial charge in [0.05, 0.1) is 12.4 Å². The molecule has 0 radical (unpaired) electrons. The fraction of sp³-hybridized carbons (Fsp3) is 0. The van der Waals surface area contributed by atoms with Gasteiger partial charge in [-0.15, -0.1) is 3.89 Å². The van der Waals surface area contributed by atoms with Gasteiger partial charge in [-0.25, -0.2) is 9.97 Å². The maximum Gasteiger partial charge on any atom is 0.335 e. The predicted molar refractivity (Wildman–Crippen MR) is 55.8 cm³/mol. The van der Waals surface area contributed by atoms with Gasteiger partial charge in [0.1, 0.15) is 4.90 Å². The molecule has 0 amide bonds. The summed E-state index contributed by atoms with van der Waals surface area (Å²) in [7, 11) is -4.73. The smallest absolute Gasteiger partial charge is 0.235 e. The van der Waals surface area contributed by atoms with Crippen LogP contribution in [-0.4, -0.2) is 18.4 Å². The van der Waals surface area contributed by atoms with E-state index in [0.717, 1.165) is 18.0 Å². The van der Waals surface area contributed by atoms with E-state index in [1.54, 1.807) is 24.3 Å². The highest BCUT2D eigenvalue weighted by Gasteiger charge is 2.13. The largest absolute Gasteiger partial charge is 0.335 e. The molecule has 2 aromatic rings. The minimum atomic E-state index is -4.73. The van der Waals surface area contributed by atoms with E-state index in [-0.39, 0.29) is 0 Å². The van der Waals surface area contributed by atoms with Gasteiger partial charge >= 0.3 is 10.2 Å². The van der Waals surface area contributed by atoms with Crippen molar-refractivity contribution in [3.05, 3.63) is 42.7 Å². The second kappa shape index (κ2) is 3.97. The number of aromatic nitrogens is 2. The average Bonchev–Trinajstić information content (AvgIpc) is 2.29. The van der Waals surface area contributed by atoms with Crippen LogP contribution in [0.2, 0.25) is 0 Å². The number of halogens is 1. The fourth-order valence-electron chi connectivity index (χ4n) is 1.18. The standard InChI is InChI=1S/C10H7FN2O2S/c11-16(14,15)9-6-12-10(13-7-9)8-4-2-1-3-5-8/h1-7H. The van der Waals surface area contributed by atoms with E-state index < -0.39 is 15.1 Å². The second-order valence-corrected chi connectivity index (χ2v) is 4.39. The molecule has 6 heteroatoms. The first-order valence-electron chi connectivity index (χ1n) is 4.39. The molecule has 4 nitrogen and oxygen atoms in total. The molecule has 16 heavy (non-hydrogen) atoms. The summed E-state index contributed by atoms with van der Waals surface area (Å²) in [4.78, 5) is 7.04. The third kappa shape index (κ3) is 2.22. The Labute approximate surface area is 92.0 Å². The zero-order valence-electron chi connectivity index (χ0n) is 8.04. The van der Waals surface area contributed by atoms with Gasteiger partial charge in [0, 0.05) is 5.56 Å². The first kappa shape index (κ1) is 10.7. The predicted octanol–water partition coefficient (Wildman–Crippen LogP) is 1.80. The number of hydrogen-bond acceptors (Lipinski definition) is 4. The quantitative estimate of drug-likeness (QED) is 0.748. The molecule has 1 aromatic carbocycles. The molecule has 0 atom stereocenters. The van der Waals surface area contributed by atoms with Crippen LogP contribution in [0.15, 0.2) is 47.6 Å². The Kier molecular flexibility index (Phi) is 2.66. The summed E-state index contributed by atoms with van der Waals surface area (Å²) < 4.78 is 33.6. The van der Waals surface area contributed by atoms with E-state index in [9.17, 15) is 12.3 Å². The van der Waals surface area contributed by atoms with Crippen LogP contribution in [-0.2, 0) is 10.2 Å². The van der Waals surface area contributed by atoms with Crippen molar-refractivity contribution in [3.63, 3.8) is 0 Å². The topological polar surface area (TPSA) is 59.9 Å². The first-order valence-corrected chi connectivity index (χ1v) is 5.78. The lowest BCUT2D eigenvalue weighted by atomic mass is 10.2. The van der Waals surface area contributed by atoms with E-state index in [2.05, 4.69) is 9.97 Å². The monoisotopic (exact) mass is 238 g/mol. The van der Waals surface area contributed by atoms with Gasteiger partial charge in [-0.05, 0) is 0 Å². The average molecular weight is 238 g/mol. The fourth-order valence-corrected chi connectivity index (χ4v) is 1.54. The van der Waals surface area contributed by atoms with Gasteiger partial charge in [0.25, 0.3) is 0 Å². The van der Waals surface area contributed by atoms with Crippen LogP contribution < -0.4 is 0 Å². The van der Waals surface area contributed by atoms with Crippen molar-refractivity contribution in [2.45, 2.75) is 4.90 Å². The highest BCUT2D eigenvalue weighted by Crippen LogP contribution is 2.15. The maximum atomic E-state index is 12.5. The number of rotatable bonds is 2. The summed E-state index contributed by atoms with van der Waals surface area (Å²) in [5.74, 6) is 0.355. The van der Waals surface area contributed by atoms with Gasteiger partial charge in [0.15, 0.2) is 5.82 Å². The van der Waals surface area contributed by atoms with Crippen molar-refractivity contribution >= 4 is 10.2 Å². The molecule has 0 fully saturated rings. The summed E-state index contributed by atoms with van der Waals surface area (Å²) in [6, 6.07) is 9.00. The van der Waals surface area contributed by atoms with Gasteiger partial charge < -0.3 is 0 Å². The first-order chi connectivity index (χ1) is 7.57. The van der Waals surface area contributed by atoms with E-state index in [1.807, 2.05) is 6.07 Å². The van der Waals surface area contributed by atoms with Crippen molar-refractivity contribution in [3.8, 4) is 11.4 Å². The van der Waals surface area contributed by atoms with Crippen molar-refractivity contribution in [1.29, 1.82) is 0 Å². The minimum absolute atomic E-state index is 0.355. The lowest BCUT2D eigenvalue weighted by Crippen LogP contribution is -1.96. The Morgan fingerprint density at radius 3 is 2.06 bits per heavy atom. The summed E-state index contributed by atoms with van der Waals surface area (Å²) in [6.07, 6.45) is 1.90. The van der Waals surface area contributed by atoms with E-state index in [0.29, 0.717) is 5.82 Å². The lowest BCUT2D eigenvalue weighted by molar-refractivity contribution is 0.551. The van der Waals surface area contributed by atoms with Gasteiger partial charge in [-0.3, -0.25) is 0 Å². The third-order valence-electron chi connectivity index (χ3n) is 1.94. The zero-order valence-corrected chi connectivity index (χ0v) is 8.86. The summed E-state index contributed by atoms with van der Waals surface area (Å²) >= 11 is 0. The van der Waals surface area contributed by atoms with Crippen molar-refractivity contribution < 1.29 is 12.3 Å². The van der Waals surface area contributed by atoms with Crippen LogP contribution in [0.25, 0.3) is 11.4 Å². The Bertz CT molecular complexity index is 582. The highest BCUT2D eigenvalue weighted by molar-refractivity contribution is 7.86. The third-order valence-corrected chi connectivity index (χ3v) is 2.72. The molecule has 0 spiro atoms. The Balaban J connectivity index is 2.41. The number of benzene rings is 1. The van der Waals surface area contributed by atoms with Crippen LogP contribution in [0.4, 0.5) is 3.89 Å². The molecular weight excluding hydrogens is 231 g/mol. The SMILES string of the molecule is O=S(=O)(F)c1cnc(-c2ccccc2)nc1. The molecule has 2 rings (SSSR count). The molecule has 0 aliphatic rings. The highest BCUT2D eigenvalue weighted by atomic mass is 32.3. The summed E-state index contributed by atoms with van der Waals surface area (Å²) in [5.41, 5.74) is 0.741. The molecular formula is C10H7FN2O2S. The van der Waals surface area contributed by atoms with Crippen molar-refractivity contribution in [2.75, 3.05) is 0 Å². The second-order valence-electron chi connectivity index (χ2n) is 3.05. The maximum absolute atomic E-state index is 12.5. The molecule has 0 saturated carbocycles. The molecule has 82 valence electrons. The summed E-state index contributed by atoms with van der Waals surface area (Å²) in [6.45, 7) is 0. The minimum Gasteiger partial charge on any atom is -0.235 e. The molecule has 0 N–H and O–H groups in total.